The van der Waals surface area contributed by atoms with Crippen molar-refractivity contribution in [2.24, 2.45) is 35.5 Å². The second-order valence-corrected chi connectivity index (χ2v) is 40.3. The average Bonchev–Trinajstić information content (AvgIpc) is 1.24. The summed E-state index contributed by atoms with van der Waals surface area (Å²) < 4.78 is 0. The van der Waals surface area contributed by atoms with Crippen LogP contribution in [0.15, 0.2) is 170 Å². The van der Waals surface area contributed by atoms with Gasteiger partial charge in [0.05, 0.1) is 41.8 Å². The van der Waals surface area contributed by atoms with Gasteiger partial charge in [0.1, 0.15) is 0 Å². The third kappa shape index (κ3) is 24.9. The normalized spacial score (nSPS) is 23.8. The van der Waals surface area contributed by atoms with Crippen molar-refractivity contribution in [1.29, 1.82) is 0 Å². The zero-order valence-corrected chi connectivity index (χ0v) is 75.7. The van der Waals surface area contributed by atoms with E-state index in [2.05, 4.69) is 88.0 Å². The number of aromatic carboxylic acids is 7. The predicted molar refractivity (Wildman–Crippen MR) is 488 cm³/mol. The number of piperidine rings is 1. The maximum Gasteiger partial charge on any atom is 0.0715 e. The van der Waals surface area contributed by atoms with Crippen molar-refractivity contribution >= 4 is 81.6 Å². The summed E-state index contributed by atoms with van der Waals surface area (Å²) in [6, 6.07) is 50.9. The highest BCUT2D eigenvalue weighted by Crippen LogP contribution is 2.65. The standard InChI is InChI=1S/C27H35NO2.C19H27NO2.C15H23NO2.C13H17NO2.C12H15NO2.C11H13NO2.C9H9NO2/c29-25(30)23-1-3-24(4-2-23)28(26-11-17-5-18(12-26)7-19(6-17)13-26)27-14-20-8-21(15-27)10-22(9-20)16-27;21-19(22)15-11-13-18(14-12-15)20(16-7-3-1-4-8-16)17-9-5-2-6-10-17;1-14(2,3)16(15(4,5)6)12-9-7-11(8-10-12)13(17)18;15-13(16)11-5-7-12(8-6-11)14-9-3-1-2-4-10-14;14-12(15)10-4-6-11(7-5-10)13-8-2-1-3-9-13;13-11(14)9-3-5-10(6-4-9)12-7-1-2-8-12;11-9(12)7-1-3-8(4-2-7)10-5-6-10/h1-4,17-22H,5-16H2,(H,29,30);11-14,16-17H,1-10H2,(H,21,22);7-10H,1-6H3,(H,17,18);5-8H,1-4,9-10H2,(H,15,16);4-7H,1-3,8-9H2,(H,14,15);3-6H,1-2,7-8H2,(H,13,14);1-4H,5-6H2,(H,11,12)/p-7. The monoisotopic (exact) mass is 1730 g/mol. The van der Waals surface area contributed by atoms with E-state index >= 15 is 0 Å². The molecule has 127 heavy (non-hydrogen) atoms. The Bertz CT molecular complexity index is 4610. The Morgan fingerprint density at radius 1 is 0.260 bits per heavy atom. The van der Waals surface area contributed by atoms with Crippen molar-refractivity contribution in [2.45, 2.75) is 275 Å². The van der Waals surface area contributed by atoms with Gasteiger partial charge in [-0.2, -0.15) is 0 Å². The van der Waals surface area contributed by atoms with E-state index in [1.807, 2.05) is 60.7 Å². The summed E-state index contributed by atoms with van der Waals surface area (Å²) >= 11 is 0. The lowest BCUT2D eigenvalue weighted by molar-refractivity contribution is -0.256. The molecule has 21 nitrogen and oxygen atoms in total. The Balaban J connectivity index is 0.000000130. The van der Waals surface area contributed by atoms with Crippen LogP contribution in [0.4, 0.5) is 39.8 Å². The fourth-order valence-electron chi connectivity index (χ4n) is 24.2. The number of carbonyl (C=O) groups is 7. The lowest BCUT2D eigenvalue weighted by atomic mass is 9.48. The molecule has 8 bridgehead atoms. The fraction of sp³-hybridized carbons (Fsp3) is 0.538. The minimum absolute atomic E-state index is 0.0404. The molecule has 4 aliphatic heterocycles. The van der Waals surface area contributed by atoms with Gasteiger partial charge in [0.15, 0.2) is 0 Å². The first-order valence-corrected chi connectivity index (χ1v) is 47.5. The molecule has 21 heteroatoms. The molecule has 0 radical (unpaired) electrons. The van der Waals surface area contributed by atoms with Gasteiger partial charge < -0.3 is 104 Å². The van der Waals surface area contributed by atoms with E-state index in [9.17, 15) is 69.3 Å². The summed E-state index contributed by atoms with van der Waals surface area (Å²) in [6.07, 6.45) is 41.5. The van der Waals surface area contributed by atoms with Crippen LogP contribution < -0.4 is 70.0 Å². The van der Waals surface area contributed by atoms with Gasteiger partial charge in [0, 0.05) is 126 Å². The molecular formula is C106H132N7O14-7. The summed E-state index contributed by atoms with van der Waals surface area (Å²) in [5, 5.41) is 75.2. The van der Waals surface area contributed by atoms with Crippen molar-refractivity contribution in [3.8, 4) is 0 Å². The minimum Gasteiger partial charge on any atom is -0.545 e. The first-order chi connectivity index (χ1) is 60.9. The summed E-state index contributed by atoms with van der Waals surface area (Å²) in [5.41, 5.74) is 10.3. The van der Waals surface area contributed by atoms with Gasteiger partial charge in [-0.15, -0.1) is 0 Å². The predicted octanol–water partition coefficient (Wildman–Crippen LogP) is 13.8. The van der Waals surface area contributed by atoms with Crippen molar-refractivity contribution < 1.29 is 69.3 Å². The van der Waals surface area contributed by atoms with Crippen molar-refractivity contribution in [1.82, 2.24) is 0 Å². The van der Waals surface area contributed by atoms with Crippen LogP contribution in [0, 0.1) is 35.5 Å². The number of rotatable bonds is 18. The number of nitrogens with zero attached hydrogens (tertiary/aromatic N) is 7. The number of hydrogen-bond acceptors (Lipinski definition) is 21. The van der Waals surface area contributed by atoms with Crippen molar-refractivity contribution in [3.63, 3.8) is 0 Å². The van der Waals surface area contributed by atoms with Crippen LogP contribution in [0.3, 0.4) is 0 Å². The van der Waals surface area contributed by atoms with Gasteiger partial charge in [-0.25, -0.2) is 0 Å². The van der Waals surface area contributed by atoms with E-state index < -0.39 is 41.8 Å². The zero-order chi connectivity index (χ0) is 90.2. The van der Waals surface area contributed by atoms with E-state index in [0.29, 0.717) is 28.7 Å². The number of benzene rings is 7. The summed E-state index contributed by atoms with van der Waals surface area (Å²) in [7, 11) is 0. The van der Waals surface area contributed by atoms with Crippen LogP contribution >= 0.6 is 0 Å². The van der Waals surface area contributed by atoms with Gasteiger partial charge in [0.25, 0.3) is 0 Å². The summed E-state index contributed by atoms with van der Waals surface area (Å²) in [5.74, 6) is -2.18. The molecular weight excluding hydrogens is 1600 g/mol. The molecule has 0 aromatic heterocycles. The maximum atomic E-state index is 11.4. The first-order valence-electron chi connectivity index (χ1n) is 47.5. The van der Waals surface area contributed by atoms with Gasteiger partial charge in [-0.1, -0.05) is 136 Å². The first kappa shape index (κ1) is 94.1. The Hall–Kier alpha value is -10.6. The average molecular weight is 1730 g/mol. The third-order valence-corrected chi connectivity index (χ3v) is 28.7. The Morgan fingerprint density at radius 3 is 0.685 bits per heavy atom. The van der Waals surface area contributed by atoms with E-state index in [1.54, 1.807) is 97.1 Å². The van der Waals surface area contributed by atoms with E-state index in [1.165, 1.54) is 210 Å². The molecule has 14 fully saturated rings. The second-order valence-electron chi connectivity index (χ2n) is 40.3. The fourth-order valence-corrected chi connectivity index (χ4v) is 24.2. The molecule has 10 saturated carbocycles. The second kappa shape index (κ2) is 42.6. The zero-order valence-electron chi connectivity index (χ0n) is 75.7. The van der Waals surface area contributed by atoms with Crippen LogP contribution in [0.25, 0.3) is 0 Å². The topological polar surface area (TPSA) is 303 Å². The molecule has 682 valence electrons. The van der Waals surface area contributed by atoms with Crippen LogP contribution in [-0.4, -0.2) is 128 Å². The highest BCUT2D eigenvalue weighted by molar-refractivity contribution is 5.90. The highest BCUT2D eigenvalue weighted by Gasteiger charge is 2.62. The number of carbonyl (C=O) groups excluding carboxylic acids is 7. The van der Waals surface area contributed by atoms with E-state index in [-0.39, 0.29) is 44.5 Å². The largest absolute Gasteiger partial charge is 0.545 e. The van der Waals surface area contributed by atoms with Crippen LogP contribution in [0.5, 0.6) is 0 Å². The van der Waals surface area contributed by atoms with Gasteiger partial charge in [-0.05, 0) is 349 Å². The quantitative estimate of drug-likeness (QED) is 0.0721. The molecule has 0 atom stereocenters. The molecule has 4 heterocycles. The maximum absolute atomic E-state index is 11.4. The number of hydrogen-bond donors (Lipinski definition) is 0. The molecule has 0 N–H and O–H groups in total. The minimum atomic E-state index is -1.14. The van der Waals surface area contributed by atoms with Gasteiger partial charge >= 0.3 is 0 Å². The van der Waals surface area contributed by atoms with Crippen LogP contribution in [0.2, 0.25) is 0 Å². The lowest BCUT2D eigenvalue weighted by Crippen LogP contribution is -2.70. The third-order valence-electron chi connectivity index (χ3n) is 28.7. The Labute approximate surface area is 752 Å². The molecule has 0 amide bonds. The number of carboxylic acids is 7. The SMILES string of the molecule is CC(C)(C)N(c1ccc(C(=O)[O-])cc1)C(C)(C)C.O=C([O-])c1ccc(N(C23CC4CC(CC(C4)C2)C3)C23CC4CC(CC(C4)C2)C3)cc1.O=C([O-])c1ccc(N(C2CCCCC2)C2CCCCC2)cc1.O=C([O-])c1ccc(N2CC2)cc1.O=C([O-])c1ccc(N2CCCC2)cc1.O=C([O-])c1ccc(N2CCCCC2)cc1.O=C([O-])c1ccc(N2CCCCCC2)cc1. The van der Waals surface area contributed by atoms with E-state index in [4.69, 9.17) is 0 Å². The lowest BCUT2D eigenvalue weighted by Gasteiger charge is -2.69. The van der Waals surface area contributed by atoms with Gasteiger partial charge in [-0.3, -0.25) is 0 Å². The molecule has 21 rings (SSSR count). The highest BCUT2D eigenvalue weighted by atomic mass is 16.4. The molecule has 4 saturated heterocycles. The summed E-state index contributed by atoms with van der Waals surface area (Å²) in [6.45, 7) is 21.5. The van der Waals surface area contributed by atoms with Gasteiger partial charge in [0.2, 0.25) is 0 Å². The molecule has 0 unspecified atom stereocenters. The number of anilines is 7. The smallest absolute Gasteiger partial charge is 0.0715 e. The Morgan fingerprint density at radius 2 is 0.457 bits per heavy atom. The number of carboxylic acid groups (broad SMARTS) is 7. The molecule has 0 spiro atoms. The molecule has 7 aromatic carbocycles. The molecule has 10 aliphatic carbocycles. The van der Waals surface area contributed by atoms with Crippen molar-refractivity contribution in [3.05, 3.63) is 209 Å². The van der Waals surface area contributed by atoms with Crippen molar-refractivity contribution in [2.75, 3.05) is 86.7 Å². The molecule has 14 aliphatic rings. The Kier molecular flexibility index (Phi) is 31.5. The van der Waals surface area contributed by atoms with E-state index in [0.717, 1.165) is 116 Å². The van der Waals surface area contributed by atoms with Crippen LogP contribution in [0.1, 0.15) is 313 Å². The summed E-state index contributed by atoms with van der Waals surface area (Å²) in [4.78, 5) is 92.1. The molecule has 7 aromatic rings. The van der Waals surface area contributed by atoms with Crippen LogP contribution in [-0.2, 0) is 0 Å².